The van der Waals surface area contributed by atoms with Gasteiger partial charge < -0.3 is 10.1 Å². The lowest BCUT2D eigenvalue weighted by atomic mass is 10.2. The van der Waals surface area contributed by atoms with E-state index in [0.717, 1.165) is 29.8 Å². The molecule has 2 heterocycles. The summed E-state index contributed by atoms with van der Waals surface area (Å²) in [4.78, 5) is 16.2. The third-order valence-corrected chi connectivity index (χ3v) is 4.19. The molecule has 29 heavy (non-hydrogen) atoms. The predicted octanol–water partition coefficient (Wildman–Crippen LogP) is 4.50. The quantitative estimate of drug-likeness (QED) is 0.550. The molecule has 4 rings (SSSR count). The maximum absolute atomic E-state index is 14.5. The number of amides is 1. The highest BCUT2D eigenvalue weighted by Gasteiger charge is 2.16. The van der Waals surface area contributed by atoms with Gasteiger partial charge in [-0.3, -0.25) is 4.79 Å². The fourth-order valence-corrected chi connectivity index (χ4v) is 2.78. The van der Waals surface area contributed by atoms with Crippen molar-refractivity contribution >= 4 is 17.1 Å². The summed E-state index contributed by atoms with van der Waals surface area (Å²) >= 11 is 0. The zero-order valence-corrected chi connectivity index (χ0v) is 15.0. The molecule has 0 fully saturated rings. The van der Waals surface area contributed by atoms with E-state index in [1.54, 1.807) is 10.7 Å². The van der Waals surface area contributed by atoms with Crippen LogP contribution in [0.25, 0.3) is 5.52 Å². The normalized spacial score (nSPS) is 10.9. The Balaban J connectivity index is 1.57. The zero-order chi connectivity index (χ0) is 20.5. The molecule has 0 aliphatic rings. The van der Waals surface area contributed by atoms with Gasteiger partial charge >= 0.3 is 0 Å². The van der Waals surface area contributed by atoms with E-state index in [1.165, 1.54) is 18.5 Å². The largest absolute Gasteiger partial charge is 0.434 e. The van der Waals surface area contributed by atoms with Crippen LogP contribution < -0.4 is 10.1 Å². The second kappa shape index (κ2) is 7.27. The van der Waals surface area contributed by atoms with Gasteiger partial charge in [0.25, 0.3) is 5.91 Å². The minimum atomic E-state index is -0.906. The molecule has 146 valence electrons. The Bertz CT molecular complexity index is 1240. The molecule has 4 aromatic rings. The summed E-state index contributed by atoms with van der Waals surface area (Å²) in [6, 6.07) is 7.99. The van der Waals surface area contributed by atoms with Crippen LogP contribution in [0.4, 0.5) is 18.9 Å². The van der Waals surface area contributed by atoms with Crippen molar-refractivity contribution in [2.45, 2.75) is 6.92 Å². The molecule has 2 aromatic carbocycles. The second-order valence-corrected chi connectivity index (χ2v) is 6.18. The second-order valence-electron chi connectivity index (χ2n) is 6.18. The Morgan fingerprint density at radius 3 is 2.69 bits per heavy atom. The number of benzene rings is 2. The monoisotopic (exact) mass is 398 g/mol. The molecule has 0 saturated heterocycles. The average molecular weight is 398 g/mol. The van der Waals surface area contributed by atoms with Crippen molar-refractivity contribution in [1.29, 1.82) is 0 Å². The van der Waals surface area contributed by atoms with Crippen LogP contribution in [0, 0.1) is 24.4 Å². The number of hydrogen-bond acceptors (Lipinski definition) is 4. The Labute approximate surface area is 162 Å². The number of ether oxygens (including phenoxy) is 1. The molecular weight excluding hydrogens is 385 g/mol. The molecule has 0 aliphatic carbocycles. The first kappa shape index (κ1) is 18.5. The highest BCUT2D eigenvalue weighted by molar-refractivity contribution is 6.04. The van der Waals surface area contributed by atoms with Crippen LogP contribution in [0.5, 0.6) is 11.6 Å². The zero-order valence-electron chi connectivity index (χ0n) is 15.0. The van der Waals surface area contributed by atoms with Gasteiger partial charge in [0, 0.05) is 18.0 Å². The van der Waals surface area contributed by atoms with Gasteiger partial charge in [0.2, 0.25) is 5.88 Å². The lowest BCUT2D eigenvalue weighted by molar-refractivity contribution is 0.102. The van der Waals surface area contributed by atoms with Gasteiger partial charge in [0.15, 0.2) is 11.6 Å². The molecule has 0 saturated carbocycles. The third-order valence-electron chi connectivity index (χ3n) is 4.19. The van der Waals surface area contributed by atoms with Crippen LogP contribution in [-0.4, -0.2) is 20.5 Å². The molecule has 2 aromatic heterocycles. The van der Waals surface area contributed by atoms with Crippen molar-refractivity contribution in [2.24, 2.45) is 0 Å². The number of nitrogens with zero attached hydrogens (tertiary/aromatic N) is 3. The number of aryl methyl sites for hydroxylation is 1. The maximum Gasteiger partial charge on any atom is 0.258 e. The van der Waals surface area contributed by atoms with E-state index < -0.39 is 28.9 Å². The number of halogens is 3. The maximum atomic E-state index is 14.5. The van der Waals surface area contributed by atoms with Crippen molar-refractivity contribution in [3.05, 3.63) is 83.6 Å². The van der Waals surface area contributed by atoms with Crippen LogP contribution >= 0.6 is 0 Å². The number of fused-ring (bicyclic) bond motifs is 1. The minimum Gasteiger partial charge on any atom is -0.434 e. The van der Waals surface area contributed by atoms with Crippen LogP contribution in [0.2, 0.25) is 0 Å². The van der Waals surface area contributed by atoms with E-state index in [4.69, 9.17) is 4.74 Å². The van der Waals surface area contributed by atoms with E-state index in [1.807, 2.05) is 13.0 Å². The predicted molar refractivity (Wildman–Crippen MR) is 98.5 cm³/mol. The van der Waals surface area contributed by atoms with E-state index in [-0.39, 0.29) is 17.3 Å². The van der Waals surface area contributed by atoms with Crippen LogP contribution in [0.3, 0.4) is 0 Å². The number of aromatic nitrogens is 3. The number of hydrogen-bond donors (Lipinski definition) is 1. The summed E-state index contributed by atoms with van der Waals surface area (Å²) in [7, 11) is 0. The summed E-state index contributed by atoms with van der Waals surface area (Å²) in [5.41, 5.74) is 1.00. The molecule has 1 amide bonds. The molecule has 0 unspecified atom stereocenters. The summed E-state index contributed by atoms with van der Waals surface area (Å²) < 4.78 is 48.6. The van der Waals surface area contributed by atoms with Crippen LogP contribution in [0.1, 0.15) is 15.9 Å². The Morgan fingerprint density at radius 2 is 1.90 bits per heavy atom. The first-order valence-corrected chi connectivity index (χ1v) is 8.45. The molecule has 6 nitrogen and oxygen atoms in total. The SMILES string of the molecule is Cc1ccn2ncnc(Oc3ccc(NC(=O)c4cc(F)ccc4F)cc3F)c12. The molecular formula is C20H13F3N4O2. The van der Waals surface area contributed by atoms with Gasteiger partial charge in [-0.1, -0.05) is 0 Å². The lowest BCUT2D eigenvalue weighted by Gasteiger charge is -2.10. The lowest BCUT2D eigenvalue weighted by Crippen LogP contribution is -2.14. The highest BCUT2D eigenvalue weighted by Crippen LogP contribution is 2.29. The first-order valence-electron chi connectivity index (χ1n) is 8.45. The van der Waals surface area contributed by atoms with Crippen LogP contribution in [-0.2, 0) is 0 Å². The Hall–Kier alpha value is -3.88. The third kappa shape index (κ3) is 3.62. The summed E-state index contributed by atoms with van der Waals surface area (Å²) in [5, 5.41) is 6.36. The fraction of sp³-hybridized carbons (Fsp3) is 0.0500. The van der Waals surface area contributed by atoms with Gasteiger partial charge in [-0.25, -0.2) is 17.7 Å². The average Bonchev–Trinajstić information content (AvgIpc) is 3.08. The number of nitrogens with one attached hydrogen (secondary N) is 1. The van der Waals surface area contributed by atoms with Gasteiger partial charge in [-0.05, 0) is 48.9 Å². The summed E-state index contributed by atoms with van der Waals surface area (Å²) in [6.45, 7) is 1.84. The standard InChI is InChI=1S/C20H13F3N4O2/c1-11-6-7-27-18(11)20(24-10-25-27)29-17-5-3-13(9-16(17)23)26-19(28)14-8-12(21)2-4-15(14)22/h2-10H,1H3,(H,26,28). The van der Waals surface area contributed by atoms with Crippen molar-refractivity contribution in [1.82, 2.24) is 14.6 Å². The van der Waals surface area contributed by atoms with E-state index in [9.17, 15) is 18.0 Å². The van der Waals surface area contributed by atoms with Crippen molar-refractivity contribution in [3.8, 4) is 11.6 Å². The smallest absolute Gasteiger partial charge is 0.258 e. The molecule has 0 atom stereocenters. The molecule has 0 aliphatic heterocycles. The first-order chi connectivity index (χ1) is 13.9. The topological polar surface area (TPSA) is 68.5 Å². The van der Waals surface area contributed by atoms with Gasteiger partial charge in [-0.2, -0.15) is 10.1 Å². The number of carbonyl (C=O) groups excluding carboxylic acids is 1. The highest BCUT2D eigenvalue weighted by atomic mass is 19.1. The molecule has 9 heteroatoms. The van der Waals surface area contributed by atoms with E-state index >= 15 is 0 Å². The molecule has 0 radical (unpaired) electrons. The Kier molecular flexibility index (Phi) is 4.63. The number of carbonyl (C=O) groups is 1. The Morgan fingerprint density at radius 1 is 1.07 bits per heavy atom. The summed E-state index contributed by atoms with van der Waals surface area (Å²) in [6.07, 6.45) is 3.00. The number of rotatable bonds is 4. The van der Waals surface area contributed by atoms with Crippen molar-refractivity contribution in [3.63, 3.8) is 0 Å². The summed E-state index contributed by atoms with van der Waals surface area (Å²) in [5.74, 6) is -3.29. The van der Waals surface area contributed by atoms with Crippen LogP contribution in [0.15, 0.2) is 55.0 Å². The molecule has 1 N–H and O–H groups in total. The van der Waals surface area contributed by atoms with E-state index in [2.05, 4.69) is 15.4 Å². The molecule has 0 spiro atoms. The van der Waals surface area contributed by atoms with E-state index in [0.29, 0.717) is 5.52 Å². The molecule has 0 bridgehead atoms. The van der Waals surface area contributed by atoms with Gasteiger partial charge in [-0.15, -0.1) is 0 Å². The fourth-order valence-electron chi connectivity index (χ4n) is 2.78. The minimum absolute atomic E-state index is 0.0511. The van der Waals surface area contributed by atoms with Gasteiger partial charge in [0.1, 0.15) is 23.5 Å². The van der Waals surface area contributed by atoms with Crippen molar-refractivity contribution < 1.29 is 22.7 Å². The van der Waals surface area contributed by atoms with Gasteiger partial charge in [0.05, 0.1) is 5.56 Å². The number of anilines is 1. The van der Waals surface area contributed by atoms with Crippen molar-refractivity contribution in [2.75, 3.05) is 5.32 Å².